The number of nitrogens with two attached hydrogens (primary N) is 1. The number of carbonyl (C=O) groups excluding carboxylic acids is 1. The number of nitrogen functional groups attached to an aromatic ring is 1. The summed E-state index contributed by atoms with van der Waals surface area (Å²) in [6.07, 6.45) is 1.06. The van der Waals surface area contributed by atoms with Gasteiger partial charge in [-0.1, -0.05) is 20.8 Å². The van der Waals surface area contributed by atoms with E-state index in [0.717, 1.165) is 18.0 Å². The van der Waals surface area contributed by atoms with Gasteiger partial charge in [-0.25, -0.2) is 0 Å². The summed E-state index contributed by atoms with van der Waals surface area (Å²) in [5, 5.41) is 0.946. The molecule has 1 rings (SSSR count). The highest BCUT2D eigenvalue weighted by Crippen LogP contribution is 2.45. The quantitative estimate of drug-likeness (QED) is 0.778. The summed E-state index contributed by atoms with van der Waals surface area (Å²) in [4.78, 5) is 15.0. The zero-order valence-electron chi connectivity index (χ0n) is 13.3. The van der Waals surface area contributed by atoms with Crippen LogP contribution in [-0.2, 0) is 0 Å². The maximum atomic E-state index is 12.3. The maximum Gasteiger partial charge on any atom is 0.177 e. The lowest BCUT2D eigenvalue weighted by Gasteiger charge is -2.19. The third-order valence-corrected chi connectivity index (χ3v) is 4.21. The Morgan fingerprint density at radius 1 is 1.35 bits per heavy atom. The number of anilines is 2. The average Bonchev–Trinajstić information content (AvgIpc) is 2.66. The molecule has 0 saturated carbocycles. The number of Topliss-reactive ketones (excluding diaryl/α,β-unsaturated/α-hetero) is 1. The zero-order valence-corrected chi connectivity index (χ0v) is 14.1. The fraction of sp³-hybridized carbons (Fsp3) is 0.667. The molecule has 1 aromatic heterocycles. The number of hydrogen-bond donors (Lipinski definition) is 1. The number of ether oxygens (including phenoxy) is 1. The van der Waals surface area contributed by atoms with Gasteiger partial charge in [0, 0.05) is 19.5 Å². The molecule has 0 fully saturated rings. The second kappa shape index (κ2) is 6.97. The first-order valence-electron chi connectivity index (χ1n) is 7.13. The smallest absolute Gasteiger partial charge is 0.177 e. The van der Waals surface area contributed by atoms with Crippen molar-refractivity contribution < 1.29 is 9.53 Å². The first-order valence-corrected chi connectivity index (χ1v) is 7.95. The van der Waals surface area contributed by atoms with Crippen molar-refractivity contribution in [1.29, 1.82) is 0 Å². The van der Waals surface area contributed by atoms with Crippen LogP contribution in [0.2, 0.25) is 0 Å². The Bertz CT molecular complexity index is 467. The Morgan fingerprint density at radius 2 is 1.95 bits per heavy atom. The van der Waals surface area contributed by atoms with E-state index in [0.29, 0.717) is 16.3 Å². The molecule has 0 spiro atoms. The van der Waals surface area contributed by atoms with Gasteiger partial charge < -0.3 is 15.4 Å². The monoisotopic (exact) mass is 298 g/mol. The Labute approximate surface area is 125 Å². The number of hydrogen-bond acceptors (Lipinski definition) is 5. The molecule has 2 N–H and O–H groups in total. The molecule has 0 aliphatic heterocycles. The van der Waals surface area contributed by atoms with E-state index < -0.39 is 0 Å². The molecule has 0 aromatic carbocycles. The number of thiophene rings is 1. The van der Waals surface area contributed by atoms with Crippen LogP contribution in [0, 0.1) is 5.92 Å². The van der Waals surface area contributed by atoms with E-state index in [9.17, 15) is 4.79 Å². The molecule has 0 unspecified atom stereocenters. The Morgan fingerprint density at radius 3 is 2.40 bits per heavy atom. The lowest BCUT2D eigenvalue weighted by atomic mass is 10.1. The normalized spacial score (nSPS) is 11.2. The molecule has 5 heteroatoms. The zero-order chi connectivity index (χ0) is 15.4. The minimum absolute atomic E-state index is 0.0303. The summed E-state index contributed by atoms with van der Waals surface area (Å²) in [5.74, 6) is 0.675. The largest absolute Gasteiger partial charge is 0.486 e. The first kappa shape index (κ1) is 16.8. The molecule has 114 valence electrons. The third kappa shape index (κ3) is 3.66. The van der Waals surface area contributed by atoms with Crippen molar-refractivity contribution in [2.75, 3.05) is 24.2 Å². The van der Waals surface area contributed by atoms with Crippen LogP contribution in [0.5, 0.6) is 5.75 Å². The molecular weight excluding hydrogens is 272 g/mol. The number of carbonyl (C=O) groups is 1. The topological polar surface area (TPSA) is 55.6 Å². The van der Waals surface area contributed by atoms with Crippen molar-refractivity contribution in [3.8, 4) is 5.75 Å². The summed E-state index contributed by atoms with van der Waals surface area (Å²) in [7, 11) is 2.01. The lowest BCUT2D eigenvalue weighted by molar-refractivity contribution is 0.0944. The van der Waals surface area contributed by atoms with E-state index in [4.69, 9.17) is 10.5 Å². The van der Waals surface area contributed by atoms with Gasteiger partial charge in [0.15, 0.2) is 11.5 Å². The summed E-state index contributed by atoms with van der Waals surface area (Å²) >= 11 is 1.44. The SMILES string of the molecule is CCCN(C)c1sc(C(=O)C(C)C)c(N)c1OC(C)C. The number of rotatable bonds is 7. The van der Waals surface area contributed by atoms with Crippen molar-refractivity contribution in [3.05, 3.63) is 4.88 Å². The molecule has 1 heterocycles. The van der Waals surface area contributed by atoms with Gasteiger partial charge in [0.2, 0.25) is 0 Å². The van der Waals surface area contributed by atoms with Crippen LogP contribution in [0.1, 0.15) is 50.7 Å². The third-order valence-electron chi connectivity index (χ3n) is 2.89. The van der Waals surface area contributed by atoms with Crippen LogP contribution >= 0.6 is 11.3 Å². The first-order chi connectivity index (χ1) is 9.29. The number of ketones is 1. The molecule has 0 aliphatic carbocycles. The second-order valence-electron chi connectivity index (χ2n) is 5.59. The van der Waals surface area contributed by atoms with Crippen molar-refractivity contribution in [2.24, 2.45) is 5.92 Å². The molecule has 20 heavy (non-hydrogen) atoms. The molecule has 0 bridgehead atoms. The molecule has 0 aliphatic rings. The highest BCUT2D eigenvalue weighted by atomic mass is 32.1. The van der Waals surface area contributed by atoms with E-state index in [1.54, 1.807) is 0 Å². The van der Waals surface area contributed by atoms with Gasteiger partial charge in [-0.2, -0.15) is 0 Å². The summed E-state index contributed by atoms with van der Waals surface area (Å²) in [6, 6.07) is 0. The van der Waals surface area contributed by atoms with Gasteiger partial charge in [-0.05, 0) is 20.3 Å². The molecule has 0 amide bonds. The van der Waals surface area contributed by atoms with Crippen LogP contribution in [-0.4, -0.2) is 25.5 Å². The fourth-order valence-corrected chi connectivity index (χ4v) is 3.13. The van der Waals surface area contributed by atoms with Crippen molar-refractivity contribution >= 4 is 27.8 Å². The minimum atomic E-state index is -0.0628. The van der Waals surface area contributed by atoms with E-state index >= 15 is 0 Å². The highest BCUT2D eigenvalue weighted by Gasteiger charge is 2.26. The fourth-order valence-electron chi connectivity index (χ4n) is 1.90. The van der Waals surface area contributed by atoms with Gasteiger partial charge in [-0.3, -0.25) is 4.79 Å². The van der Waals surface area contributed by atoms with Crippen LogP contribution in [0.3, 0.4) is 0 Å². The Hall–Kier alpha value is -1.23. The van der Waals surface area contributed by atoms with Crippen molar-refractivity contribution in [1.82, 2.24) is 0 Å². The average molecular weight is 298 g/mol. The Balaban J connectivity index is 3.26. The molecule has 0 radical (unpaired) electrons. The molecule has 0 atom stereocenters. The highest BCUT2D eigenvalue weighted by molar-refractivity contribution is 7.19. The van der Waals surface area contributed by atoms with Gasteiger partial charge in [0.1, 0.15) is 5.00 Å². The van der Waals surface area contributed by atoms with Crippen molar-refractivity contribution in [2.45, 2.75) is 47.1 Å². The standard InChI is InChI=1S/C15H26N2O2S/c1-7-8-17(6)15-13(19-10(4)5)11(16)14(20-15)12(18)9(2)3/h9-10H,7-8,16H2,1-6H3. The predicted molar refractivity (Wildman–Crippen MR) is 87.2 cm³/mol. The molecule has 0 saturated heterocycles. The lowest BCUT2D eigenvalue weighted by Crippen LogP contribution is -2.18. The minimum Gasteiger partial charge on any atom is -0.486 e. The molecular formula is C15H26N2O2S. The summed E-state index contributed by atoms with van der Waals surface area (Å²) < 4.78 is 5.85. The van der Waals surface area contributed by atoms with Gasteiger partial charge in [0.05, 0.1) is 16.7 Å². The van der Waals surface area contributed by atoms with E-state index in [1.165, 1.54) is 11.3 Å². The van der Waals surface area contributed by atoms with E-state index in [2.05, 4.69) is 11.8 Å². The van der Waals surface area contributed by atoms with Crippen molar-refractivity contribution in [3.63, 3.8) is 0 Å². The molecule has 4 nitrogen and oxygen atoms in total. The molecule has 1 aromatic rings. The summed E-state index contributed by atoms with van der Waals surface area (Å²) in [5.41, 5.74) is 6.65. The van der Waals surface area contributed by atoms with Crippen LogP contribution < -0.4 is 15.4 Å². The van der Waals surface area contributed by atoms with E-state index in [1.807, 2.05) is 34.7 Å². The predicted octanol–water partition coefficient (Wildman–Crippen LogP) is 3.80. The van der Waals surface area contributed by atoms with Gasteiger partial charge in [0.25, 0.3) is 0 Å². The Kier molecular flexibility index (Phi) is 5.87. The number of nitrogens with zero attached hydrogens (tertiary/aromatic N) is 1. The second-order valence-corrected chi connectivity index (χ2v) is 6.59. The van der Waals surface area contributed by atoms with Crippen LogP contribution in [0.25, 0.3) is 0 Å². The van der Waals surface area contributed by atoms with Gasteiger partial charge >= 0.3 is 0 Å². The van der Waals surface area contributed by atoms with Crippen LogP contribution in [0.15, 0.2) is 0 Å². The summed E-state index contributed by atoms with van der Waals surface area (Å²) in [6.45, 7) is 10.7. The van der Waals surface area contributed by atoms with E-state index in [-0.39, 0.29) is 17.8 Å². The maximum absolute atomic E-state index is 12.3. The van der Waals surface area contributed by atoms with Crippen LogP contribution in [0.4, 0.5) is 10.7 Å². The van der Waals surface area contributed by atoms with Gasteiger partial charge in [-0.15, -0.1) is 11.3 Å².